The molecule has 3 rings (SSSR count). The third kappa shape index (κ3) is 6.21. The summed E-state index contributed by atoms with van der Waals surface area (Å²) in [5.74, 6) is -0.00998. The normalized spacial score (nSPS) is 16.6. The van der Waals surface area contributed by atoms with Gasteiger partial charge in [-0.1, -0.05) is 50.2 Å². The summed E-state index contributed by atoms with van der Waals surface area (Å²) in [6, 6.07) is 18.1. The average Bonchev–Trinajstić information content (AvgIpc) is 3.31. The highest BCUT2D eigenvalue weighted by molar-refractivity contribution is 5.95. The van der Waals surface area contributed by atoms with Crippen LogP contribution in [0.5, 0.6) is 0 Å². The summed E-state index contributed by atoms with van der Waals surface area (Å²) < 4.78 is 0. The van der Waals surface area contributed by atoms with E-state index >= 15 is 0 Å². The lowest BCUT2D eigenvalue weighted by Crippen LogP contribution is -2.34. The molecule has 1 heterocycles. The molecule has 2 amide bonds. The second-order valence-corrected chi connectivity index (χ2v) is 9.42. The van der Waals surface area contributed by atoms with Gasteiger partial charge in [0.1, 0.15) is 6.54 Å². The molecular formula is C27H34N4O2. The third-order valence-electron chi connectivity index (χ3n) is 6.30. The van der Waals surface area contributed by atoms with Crippen LogP contribution in [0.3, 0.4) is 0 Å². The number of rotatable bonds is 8. The van der Waals surface area contributed by atoms with Crippen LogP contribution in [0, 0.1) is 17.2 Å². The number of nitrogens with one attached hydrogen (secondary N) is 1. The van der Waals surface area contributed by atoms with Crippen molar-refractivity contribution in [2.24, 2.45) is 5.92 Å². The fraction of sp³-hybridized carbons (Fsp3) is 0.444. The van der Waals surface area contributed by atoms with Crippen molar-refractivity contribution in [1.29, 1.82) is 5.26 Å². The van der Waals surface area contributed by atoms with E-state index < -0.39 is 0 Å². The Bertz CT molecular complexity index is 1010. The maximum absolute atomic E-state index is 12.9. The first kappa shape index (κ1) is 24.5. The number of carbonyl (C=O) groups excluding carboxylic acids is 2. The smallest absolute Gasteiger partial charge is 0.253 e. The van der Waals surface area contributed by atoms with E-state index in [-0.39, 0.29) is 24.3 Å². The van der Waals surface area contributed by atoms with Gasteiger partial charge in [0, 0.05) is 24.7 Å². The molecule has 174 valence electrons. The Balaban J connectivity index is 1.77. The van der Waals surface area contributed by atoms with Crippen LogP contribution < -0.4 is 5.32 Å². The summed E-state index contributed by atoms with van der Waals surface area (Å²) in [5, 5.41) is 11.5. The highest BCUT2D eigenvalue weighted by Crippen LogP contribution is 2.29. The lowest BCUT2D eigenvalue weighted by atomic mass is 9.88. The molecule has 2 aromatic rings. The minimum absolute atomic E-state index is 0.00885. The van der Waals surface area contributed by atoms with Crippen molar-refractivity contribution in [2.75, 3.05) is 33.7 Å². The molecule has 0 spiro atoms. The van der Waals surface area contributed by atoms with Crippen LogP contribution in [0.25, 0.3) is 11.1 Å². The predicted octanol–water partition coefficient (Wildman–Crippen LogP) is 3.90. The summed E-state index contributed by atoms with van der Waals surface area (Å²) in [7, 11) is 4.11. The van der Waals surface area contributed by atoms with Gasteiger partial charge in [-0.25, -0.2) is 0 Å². The topological polar surface area (TPSA) is 76.4 Å². The van der Waals surface area contributed by atoms with Crippen molar-refractivity contribution >= 4 is 11.8 Å². The van der Waals surface area contributed by atoms with E-state index in [9.17, 15) is 9.59 Å². The summed E-state index contributed by atoms with van der Waals surface area (Å²) in [5.41, 5.74) is 3.63. The number of hydrogen-bond donors (Lipinski definition) is 1. The molecule has 6 nitrogen and oxygen atoms in total. The van der Waals surface area contributed by atoms with Gasteiger partial charge in [-0.15, -0.1) is 0 Å². The van der Waals surface area contributed by atoms with Crippen molar-refractivity contribution in [1.82, 2.24) is 15.1 Å². The quantitative estimate of drug-likeness (QED) is 0.624. The number of nitrogens with zero attached hydrogens (tertiary/aromatic N) is 3. The Kier molecular flexibility index (Phi) is 8.24. The Morgan fingerprint density at radius 1 is 1.15 bits per heavy atom. The minimum Gasteiger partial charge on any atom is -0.342 e. The molecule has 2 aromatic carbocycles. The van der Waals surface area contributed by atoms with Gasteiger partial charge in [0.25, 0.3) is 5.91 Å². The molecule has 1 N–H and O–H groups in total. The summed E-state index contributed by atoms with van der Waals surface area (Å²) in [6.45, 7) is 5.74. The zero-order valence-corrected chi connectivity index (χ0v) is 20.0. The molecule has 6 heteroatoms. The highest BCUT2D eigenvalue weighted by Gasteiger charge is 2.28. The van der Waals surface area contributed by atoms with Crippen molar-refractivity contribution < 1.29 is 9.59 Å². The first-order valence-electron chi connectivity index (χ1n) is 11.6. The number of nitriles is 1. The Morgan fingerprint density at radius 3 is 2.48 bits per heavy atom. The highest BCUT2D eigenvalue weighted by atomic mass is 16.2. The molecule has 33 heavy (non-hydrogen) atoms. The second-order valence-electron chi connectivity index (χ2n) is 9.42. The third-order valence-corrected chi connectivity index (χ3v) is 6.30. The Hall–Kier alpha value is -3.17. The lowest BCUT2D eigenvalue weighted by molar-refractivity contribution is -0.122. The van der Waals surface area contributed by atoms with E-state index in [0.29, 0.717) is 23.9 Å². The van der Waals surface area contributed by atoms with Gasteiger partial charge in [0.2, 0.25) is 5.91 Å². The second kappa shape index (κ2) is 11.1. The van der Waals surface area contributed by atoms with Crippen molar-refractivity contribution in [3.63, 3.8) is 0 Å². The van der Waals surface area contributed by atoms with Gasteiger partial charge in [0.15, 0.2) is 0 Å². The largest absolute Gasteiger partial charge is 0.342 e. The average molecular weight is 447 g/mol. The summed E-state index contributed by atoms with van der Waals surface area (Å²) in [4.78, 5) is 29.7. The number of benzene rings is 2. The van der Waals surface area contributed by atoms with E-state index in [1.807, 2.05) is 59.5 Å². The Morgan fingerprint density at radius 2 is 1.88 bits per heavy atom. The van der Waals surface area contributed by atoms with E-state index in [1.54, 1.807) is 0 Å². The molecule has 0 saturated carbocycles. The molecule has 1 aliphatic rings. The van der Waals surface area contributed by atoms with E-state index in [4.69, 9.17) is 5.26 Å². The van der Waals surface area contributed by atoms with Crippen LogP contribution in [0.2, 0.25) is 0 Å². The lowest BCUT2D eigenvalue weighted by Gasteiger charge is -2.20. The predicted molar refractivity (Wildman–Crippen MR) is 131 cm³/mol. The molecule has 1 saturated heterocycles. The van der Waals surface area contributed by atoms with Crippen LogP contribution >= 0.6 is 0 Å². The van der Waals surface area contributed by atoms with Crippen LogP contribution in [0.15, 0.2) is 48.5 Å². The van der Waals surface area contributed by atoms with E-state index in [1.165, 1.54) is 0 Å². The van der Waals surface area contributed by atoms with Gasteiger partial charge < -0.3 is 15.1 Å². The zero-order chi connectivity index (χ0) is 24.0. The first-order valence-corrected chi connectivity index (χ1v) is 11.6. The molecule has 1 fully saturated rings. The molecular weight excluding hydrogens is 412 g/mol. The van der Waals surface area contributed by atoms with Gasteiger partial charge in [-0.2, -0.15) is 5.26 Å². The summed E-state index contributed by atoms with van der Waals surface area (Å²) in [6.07, 6.45) is 1.71. The molecule has 0 radical (unpaired) electrons. The van der Waals surface area contributed by atoms with Gasteiger partial charge in [-0.3, -0.25) is 9.59 Å². The van der Waals surface area contributed by atoms with Gasteiger partial charge >= 0.3 is 0 Å². The zero-order valence-electron chi connectivity index (χ0n) is 20.0. The molecule has 0 aromatic heterocycles. The monoisotopic (exact) mass is 446 g/mol. The fourth-order valence-corrected chi connectivity index (χ4v) is 4.39. The molecule has 0 aliphatic carbocycles. The maximum Gasteiger partial charge on any atom is 0.253 e. The molecule has 0 bridgehead atoms. The van der Waals surface area contributed by atoms with E-state index in [2.05, 4.69) is 38.2 Å². The van der Waals surface area contributed by atoms with Crippen molar-refractivity contribution in [3.8, 4) is 17.2 Å². The van der Waals surface area contributed by atoms with Gasteiger partial charge in [-0.05, 0) is 61.7 Å². The number of carbonyl (C=O) groups is 2. The Labute approximate surface area is 197 Å². The van der Waals surface area contributed by atoms with Crippen LogP contribution in [-0.4, -0.2) is 61.4 Å². The van der Waals surface area contributed by atoms with E-state index in [0.717, 1.165) is 36.2 Å². The SMILES string of the molecule is CC(C)C[C@@H](C(=O)NCC#N)c1cccc(-c2ccc(C(=O)N3CCC(N(C)C)C3)cc2)c1. The van der Waals surface area contributed by atoms with Crippen molar-refractivity contribution in [3.05, 3.63) is 59.7 Å². The molecule has 1 unspecified atom stereocenters. The first-order chi connectivity index (χ1) is 15.8. The standard InChI is InChI=1S/C27H34N4O2/c1-19(2)16-25(26(32)29-14-13-28)23-7-5-6-22(17-23)20-8-10-21(11-9-20)27(33)31-15-12-24(18-31)30(3)4/h5-11,17,19,24-25H,12,14-16,18H2,1-4H3,(H,29,32)/t24?,25-/m1/s1. The van der Waals surface area contributed by atoms with Crippen LogP contribution in [-0.2, 0) is 4.79 Å². The summed E-state index contributed by atoms with van der Waals surface area (Å²) >= 11 is 0. The maximum atomic E-state index is 12.9. The number of likely N-dealkylation sites (N-methyl/N-ethyl adjacent to an activating group) is 1. The fourth-order valence-electron chi connectivity index (χ4n) is 4.39. The number of hydrogen-bond acceptors (Lipinski definition) is 4. The van der Waals surface area contributed by atoms with Gasteiger partial charge in [0.05, 0.1) is 12.0 Å². The van der Waals surface area contributed by atoms with Crippen LogP contribution in [0.1, 0.15) is 48.5 Å². The van der Waals surface area contributed by atoms with Crippen molar-refractivity contribution in [2.45, 2.75) is 38.6 Å². The number of likely N-dealkylation sites (tertiary alicyclic amines) is 1. The minimum atomic E-state index is -0.307. The number of amides is 2. The van der Waals surface area contributed by atoms with Crippen LogP contribution in [0.4, 0.5) is 0 Å². The molecule has 1 aliphatic heterocycles. The molecule has 2 atom stereocenters.